The monoisotopic (exact) mass is 254 g/mol. The van der Waals surface area contributed by atoms with Gasteiger partial charge in [0, 0.05) is 5.92 Å². The largest absolute Gasteiger partial charge is 0.465 e. The van der Waals surface area contributed by atoms with Gasteiger partial charge in [-0.3, -0.25) is 9.59 Å². The van der Waals surface area contributed by atoms with Crippen LogP contribution in [-0.4, -0.2) is 25.2 Å². The Labute approximate surface area is 109 Å². The first-order valence-corrected chi connectivity index (χ1v) is 6.19. The molecule has 0 spiro atoms. The van der Waals surface area contributed by atoms with E-state index in [1.165, 1.54) is 0 Å². The van der Waals surface area contributed by atoms with Crippen LogP contribution in [0.2, 0.25) is 0 Å². The van der Waals surface area contributed by atoms with Gasteiger partial charge in [-0.2, -0.15) is 0 Å². The molecule has 0 bridgehead atoms. The fourth-order valence-electron chi connectivity index (χ4n) is 1.68. The van der Waals surface area contributed by atoms with Gasteiger partial charge in [-0.05, 0) is 27.2 Å². The molecule has 0 aromatic rings. The van der Waals surface area contributed by atoms with Crippen LogP contribution in [0.15, 0.2) is 24.8 Å². The summed E-state index contributed by atoms with van der Waals surface area (Å²) in [5, 5.41) is 0. The van der Waals surface area contributed by atoms with Crippen LogP contribution < -0.4 is 0 Å². The van der Waals surface area contributed by atoms with Gasteiger partial charge in [-0.15, -0.1) is 6.58 Å². The molecule has 18 heavy (non-hydrogen) atoms. The molecule has 0 aliphatic rings. The maximum atomic E-state index is 11.9. The van der Waals surface area contributed by atoms with Crippen LogP contribution in [0.3, 0.4) is 0 Å². The predicted octanol–water partition coefficient (Wildman–Crippen LogP) is 2.50. The normalized spacial score (nSPS) is 12.4. The molecule has 0 aromatic carbocycles. The Morgan fingerprint density at radius 1 is 1.17 bits per heavy atom. The van der Waals surface area contributed by atoms with Crippen molar-refractivity contribution in [1.29, 1.82) is 0 Å². The minimum absolute atomic E-state index is 0.241. The minimum atomic E-state index is -0.918. The van der Waals surface area contributed by atoms with E-state index in [4.69, 9.17) is 9.47 Å². The fourth-order valence-corrected chi connectivity index (χ4v) is 1.68. The van der Waals surface area contributed by atoms with E-state index in [0.717, 1.165) is 0 Å². The Morgan fingerprint density at radius 2 is 1.67 bits per heavy atom. The highest BCUT2D eigenvalue weighted by Gasteiger charge is 2.35. The van der Waals surface area contributed by atoms with Crippen molar-refractivity contribution in [3.05, 3.63) is 24.8 Å². The smallest absolute Gasteiger partial charge is 0.320 e. The fraction of sp³-hybridized carbons (Fsp3) is 0.571. The maximum absolute atomic E-state index is 11.9. The predicted molar refractivity (Wildman–Crippen MR) is 69.9 cm³/mol. The molecule has 1 atom stereocenters. The molecule has 0 aliphatic heterocycles. The molecule has 0 fully saturated rings. The molecular weight excluding hydrogens is 232 g/mol. The van der Waals surface area contributed by atoms with Gasteiger partial charge in [0.15, 0.2) is 5.92 Å². The lowest BCUT2D eigenvalue weighted by atomic mass is 9.89. The second-order valence-electron chi connectivity index (χ2n) is 3.70. The van der Waals surface area contributed by atoms with E-state index in [9.17, 15) is 9.59 Å². The summed E-state index contributed by atoms with van der Waals surface area (Å²) in [5.41, 5.74) is 0. The van der Waals surface area contributed by atoms with Crippen molar-refractivity contribution in [2.75, 3.05) is 13.2 Å². The zero-order valence-corrected chi connectivity index (χ0v) is 11.3. The van der Waals surface area contributed by atoms with Crippen molar-refractivity contribution < 1.29 is 19.1 Å². The molecule has 0 saturated carbocycles. The Hall–Kier alpha value is -1.58. The highest BCUT2D eigenvalue weighted by Crippen LogP contribution is 2.22. The SMILES string of the molecule is C=CCC(/C=C/C)C(C(=O)OCC)C(=O)OCC. The third-order valence-electron chi connectivity index (χ3n) is 2.39. The quantitative estimate of drug-likeness (QED) is 0.379. The van der Waals surface area contributed by atoms with Gasteiger partial charge in [0.2, 0.25) is 0 Å². The van der Waals surface area contributed by atoms with Crippen molar-refractivity contribution in [2.24, 2.45) is 11.8 Å². The summed E-state index contributed by atoms with van der Waals surface area (Å²) in [4.78, 5) is 23.7. The van der Waals surface area contributed by atoms with Gasteiger partial charge < -0.3 is 9.47 Å². The number of hydrogen-bond acceptors (Lipinski definition) is 4. The molecule has 0 aliphatic carbocycles. The molecule has 102 valence electrons. The summed E-state index contributed by atoms with van der Waals surface area (Å²) in [7, 11) is 0. The van der Waals surface area contributed by atoms with Crippen LogP contribution in [0.25, 0.3) is 0 Å². The Bertz CT molecular complexity index is 289. The molecular formula is C14H22O4. The molecule has 0 radical (unpaired) electrons. The van der Waals surface area contributed by atoms with Gasteiger partial charge in [-0.25, -0.2) is 0 Å². The lowest BCUT2D eigenvalue weighted by Gasteiger charge is -2.20. The number of carbonyl (C=O) groups is 2. The van der Waals surface area contributed by atoms with Crippen molar-refractivity contribution in [3.63, 3.8) is 0 Å². The summed E-state index contributed by atoms with van der Waals surface area (Å²) in [6.45, 7) is 9.37. The third-order valence-corrected chi connectivity index (χ3v) is 2.39. The third kappa shape index (κ3) is 5.17. The molecule has 0 amide bonds. The molecule has 0 saturated heterocycles. The van der Waals surface area contributed by atoms with Gasteiger partial charge in [0.25, 0.3) is 0 Å². The lowest BCUT2D eigenvalue weighted by Crippen LogP contribution is -2.33. The average Bonchev–Trinajstić information content (AvgIpc) is 2.30. The van der Waals surface area contributed by atoms with Crippen molar-refractivity contribution in [1.82, 2.24) is 0 Å². The summed E-state index contributed by atoms with van der Waals surface area (Å²) >= 11 is 0. The highest BCUT2D eigenvalue weighted by atomic mass is 16.6. The first-order valence-electron chi connectivity index (χ1n) is 6.19. The van der Waals surface area contributed by atoms with E-state index < -0.39 is 17.9 Å². The molecule has 0 rings (SSSR count). The number of allylic oxidation sites excluding steroid dienone is 3. The van der Waals surface area contributed by atoms with Gasteiger partial charge in [0.05, 0.1) is 13.2 Å². The minimum Gasteiger partial charge on any atom is -0.465 e. The summed E-state index contributed by atoms with van der Waals surface area (Å²) in [6.07, 6.45) is 5.81. The van der Waals surface area contributed by atoms with Crippen LogP contribution in [-0.2, 0) is 19.1 Å². The number of hydrogen-bond donors (Lipinski definition) is 0. The zero-order valence-electron chi connectivity index (χ0n) is 11.3. The number of esters is 2. The van der Waals surface area contributed by atoms with E-state index in [1.54, 1.807) is 32.1 Å². The van der Waals surface area contributed by atoms with E-state index in [0.29, 0.717) is 6.42 Å². The van der Waals surface area contributed by atoms with Crippen molar-refractivity contribution in [3.8, 4) is 0 Å². The topological polar surface area (TPSA) is 52.6 Å². The first-order chi connectivity index (χ1) is 8.62. The van der Waals surface area contributed by atoms with Crippen LogP contribution in [0, 0.1) is 11.8 Å². The number of rotatable bonds is 8. The zero-order chi connectivity index (χ0) is 14.0. The molecule has 0 aromatic heterocycles. The van der Waals surface area contributed by atoms with Crippen molar-refractivity contribution in [2.45, 2.75) is 27.2 Å². The van der Waals surface area contributed by atoms with E-state index in [2.05, 4.69) is 6.58 Å². The Balaban J connectivity index is 5.06. The number of ether oxygens (including phenoxy) is 2. The first kappa shape index (κ1) is 16.4. The summed E-state index contributed by atoms with van der Waals surface area (Å²) < 4.78 is 9.87. The van der Waals surface area contributed by atoms with Crippen LogP contribution in [0.5, 0.6) is 0 Å². The molecule has 0 heterocycles. The van der Waals surface area contributed by atoms with Crippen molar-refractivity contribution >= 4 is 11.9 Å². The second kappa shape index (κ2) is 9.45. The molecule has 4 nitrogen and oxygen atoms in total. The number of carbonyl (C=O) groups excluding carboxylic acids is 2. The van der Waals surface area contributed by atoms with Crippen LogP contribution in [0.4, 0.5) is 0 Å². The lowest BCUT2D eigenvalue weighted by molar-refractivity contribution is -0.163. The molecule has 0 N–H and O–H groups in total. The van der Waals surface area contributed by atoms with E-state index >= 15 is 0 Å². The van der Waals surface area contributed by atoms with Gasteiger partial charge in [-0.1, -0.05) is 18.2 Å². The Morgan fingerprint density at radius 3 is 2.00 bits per heavy atom. The summed E-state index contributed by atoms with van der Waals surface area (Å²) in [6, 6.07) is 0. The standard InChI is InChI=1S/C14H22O4/c1-5-9-11(10-6-2)12(13(15)17-7-3)14(16)18-8-4/h5-6,10-12H,1,7-9H2,2-4H3/b10-6+. The van der Waals surface area contributed by atoms with Crippen LogP contribution >= 0.6 is 0 Å². The van der Waals surface area contributed by atoms with Crippen LogP contribution in [0.1, 0.15) is 27.2 Å². The van der Waals surface area contributed by atoms with Gasteiger partial charge >= 0.3 is 11.9 Å². The highest BCUT2D eigenvalue weighted by molar-refractivity contribution is 5.95. The molecule has 1 unspecified atom stereocenters. The Kier molecular flexibility index (Phi) is 8.62. The molecule has 4 heteroatoms. The van der Waals surface area contributed by atoms with E-state index in [-0.39, 0.29) is 19.1 Å². The average molecular weight is 254 g/mol. The maximum Gasteiger partial charge on any atom is 0.320 e. The summed E-state index contributed by atoms with van der Waals surface area (Å²) in [5.74, 6) is -2.27. The second-order valence-corrected chi connectivity index (χ2v) is 3.70. The van der Waals surface area contributed by atoms with Gasteiger partial charge in [0.1, 0.15) is 0 Å². The van der Waals surface area contributed by atoms with E-state index in [1.807, 2.05) is 6.92 Å².